The first kappa shape index (κ1) is 16.0. The molecule has 0 spiro atoms. The molecule has 2 rings (SSSR count). The number of nitrogens with two attached hydrogens (primary N) is 1. The molecule has 1 aromatic carbocycles. The molecule has 0 saturated carbocycles. The zero-order valence-electron chi connectivity index (χ0n) is 12.5. The predicted molar refractivity (Wildman–Crippen MR) is 88.0 cm³/mol. The lowest BCUT2D eigenvalue weighted by molar-refractivity contribution is 0.623. The van der Waals surface area contributed by atoms with E-state index in [-0.39, 0.29) is 0 Å². The summed E-state index contributed by atoms with van der Waals surface area (Å²) in [5.41, 5.74) is 9.07. The SMILES string of the molecule is CCc1nn(CC)c(CS(=O)c2cc(N)ccc2C)c1Cl. The van der Waals surface area contributed by atoms with Crippen molar-refractivity contribution in [3.8, 4) is 0 Å². The Labute approximate surface area is 132 Å². The van der Waals surface area contributed by atoms with E-state index >= 15 is 0 Å². The van der Waals surface area contributed by atoms with Gasteiger partial charge in [-0.3, -0.25) is 8.89 Å². The number of rotatable bonds is 5. The molecule has 0 radical (unpaired) electrons. The number of aryl methyl sites for hydroxylation is 3. The van der Waals surface area contributed by atoms with E-state index in [4.69, 9.17) is 17.3 Å². The Bertz CT molecular complexity index is 682. The van der Waals surface area contributed by atoms with Gasteiger partial charge in [-0.2, -0.15) is 5.10 Å². The molecule has 2 N–H and O–H groups in total. The first-order valence-corrected chi connectivity index (χ1v) is 8.66. The van der Waals surface area contributed by atoms with Gasteiger partial charge in [0.15, 0.2) is 0 Å². The van der Waals surface area contributed by atoms with Crippen LogP contribution in [-0.2, 0) is 29.5 Å². The standard InChI is InChI=1S/C15H20ClN3OS/c1-4-12-15(16)13(19(5-2)18-12)9-21(20)14-8-11(17)7-6-10(14)3/h6-8H,4-5,9,17H2,1-3H3. The smallest absolute Gasteiger partial charge is 0.0859 e. The molecule has 0 aliphatic heterocycles. The minimum Gasteiger partial charge on any atom is -0.399 e. The molecule has 0 aliphatic carbocycles. The maximum Gasteiger partial charge on any atom is 0.0859 e. The molecule has 6 heteroatoms. The average Bonchev–Trinajstić information content (AvgIpc) is 2.77. The number of nitrogen functional groups attached to an aromatic ring is 1. The van der Waals surface area contributed by atoms with Crippen molar-refractivity contribution in [2.75, 3.05) is 5.73 Å². The van der Waals surface area contributed by atoms with Gasteiger partial charge in [-0.1, -0.05) is 24.6 Å². The maximum atomic E-state index is 12.7. The lowest BCUT2D eigenvalue weighted by Gasteiger charge is -2.09. The number of anilines is 1. The first-order chi connectivity index (χ1) is 9.97. The Morgan fingerprint density at radius 2 is 2.10 bits per heavy atom. The largest absolute Gasteiger partial charge is 0.399 e. The number of nitrogens with zero attached hydrogens (tertiary/aromatic N) is 2. The van der Waals surface area contributed by atoms with Crippen LogP contribution in [0.3, 0.4) is 0 Å². The molecule has 2 aromatic rings. The van der Waals surface area contributed by atoms with Crippen molar-refractivity contribution in [3.05, 3.63) is 40.2 Å². The summed E-state index contributed by atoms with van der Waals surface area (Å²) < 4.78 is 14.5. The average molecular weight is 326 g/mol. The van der Waals surface area contributed by atoms with E-state index in [0.717, 1.165) is 28.3 Å². The quantitative estimate of drug-likeness (QED) is 0.858. The van der Waals surface area contributed by atoms with Gasteiger partial charge in [0, 0.05) is 17.1 Å². The zero-order valence-corrected chi connectivity index (χ0v) is 14.1. The first-order valence-electron chi connectivity index (χ1n) is 6.96. The van der Waals surface area contributed by atoms with Gasteiger partial charge in [0.2, 0.25) is 0 Å². The van der Waals surface area contributed by atoms with Crippen LogP contribution in [0.25, 0.3) is 0 Å². The lowest BCUT2D eigenvalue weighted by atomic mass is 10.2. The molecule has 4 nitrogen and oxygen atoms in total. The van der Waals surface area contributed by atoms with Crippen LogP contribution in [0.2, 0.25) is 5.02 Å². The van der Waals surface area contributed by atoms with Crippen molar-refractivity contribution < 1.29 is 4.21 Å². The van der Waals surface area contributed by atoms with E-state index in [1.807, 2.05) is 37.6 Å². The summed E-state index contributed by atoms with van der Waals surface area (Å²) in [6.07, 6.45) is 0.767. The van der Waals surface area contributed by atoms with Crippen molar-refractivity contribution in [2.45, 2.75) is 44.4 Å². The number of benzene rings is 1. The third kappa shape index (κ3) is 3.30. The van der Waals surface area contributed by atoms with Gasteiger partial charge < -0.3 is 5.73 Å². The maximum absolute atomic E-state index is 12.7. The van der Waals surface area contributed by atoms with E-state index < -0.39 is 10.8 Å². The number of hydrogen-bond donors (Lipinski definition) is 1. The van der Waals surface area contributed by atoms with Crippen LogP contribution in [0.5, 0.6) is 0 Å². The molecule has 0 fully saturated rings. The van der Waals surface area contributed by atoms with Crippen LogP contribution >= 0.6 is 11.6 Å². The van der Waals surface area contributed by atoms with Crippen LogP contribution in [0.1, 0.15) is 30.8 Å². The van der Waals surface area contributed by atoms with E-state index in [0.29, 0.717) is 23.0 Å². The monoisotopic (exact) mass is 325 g/mol. The second kappa shape index (κ2) is 6.62. The third-order valence-electron chi connectivity index (χ3n) is 3.42. The van der Waals surface area contributed by atoms with Gasteiger partial charge in [0.05, 0.1) is 33.0 Å². The van der Waals surface area contributed by atoms with E-state index in [9.17, 15) is 4.21 Å². The summed E-state index contributed by atoms with van der Waals surface area (Å²) in [5.74, 6) is 0.351. The van der Waals surface area contributed by atoms with E-state index in [1.54, 1.807) is 6.07 Å². The predicted octanol–water partition coefficient (Wildman–Crippen LogP) is 3.32. The van der Waals surface area contributed by atoms with Crippen LogP contribution in [0.4, 0.5) is 5.69 Å². The Balaban J connectivity index is 2.35. The Hall–Kier alpha value is -1.33. The topological polar surface area (TPSA) is 60.9 Å². The molecule has 21 heavy (non-hydrogen) atoms. The summed E-state index contributed by atoms with van der Waals surface area (Å²) >= 11 is 6.37. The Morgan fingerprint density at radius 1 is 1.38 bits per heavy atom. The van der Waals surface area contributed by atoms with Gasteiger partial charge in [-0.25, -0.2) is 0 Å². The summed E-state index contributed by atoms with van der Waals surface area (Å²) in [4.78, 5) is 0.757. The van der Waals surface area contributed by atoms with Crippen LogP contribution < -0.4 is 5.73 Å². The summed E-state index contributed by atoms with van der Waals surface area (Å²) in [7, 11) is -1.19. The van der Waals surface area contributed by atoms with E-state index in [1.165, 1.54) is 0 Å². The Morgan fingerprint density at radius 3 is 2.71 bits per heavy atom. The molecule has 0 bridgehead atoms. The second-order valence-electron chi connectivity index (χ2n) is 4.89. The summed E-state index contributed by atoms with van der Waals surface area (Å²) in [5, 5.41) is 5.09. The highest BCUT2D eigenvalue weighted by atomic mass is 35.5. The van der Waals surface area contributed by atoms with Gasteiger partial charge in [-0.15, -0.1) is 0 Å². The fourth-order valence-corrected chi connectivity index (χ4v) is 4.03. The normalized spacial score (nSPS) is 12.6. The lowest BCUT2D eigenvalue weighted by Crippen LogP contribution is -2.07. The highest BCUT2D eigenvalue weighted by molar-refractivity contribution is 7.84. The van der Waals surface area contributed by atoms with Crippen molar-refractivity contribution >= 4 is 28.1 Å². The molecule has 1 heterocycles. The summed E-state index contributed by atoms with van der Waals surface area (Å²) in [6, 6.07) is 5.47. The van der Waals surface area contributed by atoms with Gasteiger partial charge in [-0.05, 0) is 38.0 Å². The highest BCUT2D eigenvalue weighted by Gasteiger charge is 2.18. The van der Waals surface area contributed by atoms with Crippen LogP contribution in [-0.4, -0.2) is 14.0 Å². The van der Waals surface area contributed by atoms with Gasteiger partial charge in [0.1, 0.15) is 0 Å². The van der Waals surface area contributed by atoms with Gasteiger partial charge in [0.25, 0.3) is 0 Å². The molecule has 0 saturated heterocycles. The van der Waals surface area contributed by atoms with E-state index in [2.05, 4.69) is 5.10 Å². The molecular weight excluding hydrogens is 306 g/mol. The third-order valence-corrected chi connectivity index (χ3v) is 5.32. The summed E-state index contributed by atoms with van der Waals surface area (Å²) in [6.45, 7) is 6.66. The molecular formula is C15H20ClN3OS. The highest BCUT2D eigenvalue weighted by Crippen LogP contribution is 2.26. The number of halogens is 1. The minimum absolute atomic E-state index is 0.351. The molecule has 0 amide bonds. The molecule has 0 aliphatic rings. The van der Waals surface area contributed by atoms with Crippen LogP contribution in [0.15, 0.2) is 23.1 Å². The molecule has 1 aromatic heterocycles. The number of aromatic nitrogens is 2. The molecule has 1 atom stereocenters. The minimum atomic E-state index is -1.19. The van der Waals surface area contributed by atoms with Crippen molar-refractivity contribution in [1.82, 2.24) is 9.78 Å². The van der Waals surface area contributed by atoms with Crippen molar-refractivity contribution in [3.63, 3.8) is 0 Å². The van der Waals surface area contributed by atoms with Crippen LogP contribution in [0, 0.1) is 6.92 Å². The molecule has 114 valence electrons. The fourth-order valence-electron chi connectivity index (χ4n) is 2.22. The van der Waals surface area contributed by atoms with Crippen molar-refractivity contribution in [2.24, 2.45) is 0 Å². The van der Waals surface area contributed by atoms with Gasteiger partial charge >= 0.3 is 0 Å². The fraction of sp³-hybridized carbons (Fsp3) is 0.400. The van der Waals surface area contributed by atoms with Crippen molar-refractivity contribution in [1.29, 1.82) is 0 Å². The second-order valence-corrected chi connectivity index (χ2v) is 6.69. The Kier molecular flexibility index (Phi) is 5.06. The number of hydrogen-bond acceptors (Lipinski definition) is 3. The molecule has 1 unspecified atom stereocenters. The zero-order chi connectivity index (χ0) is 15.6.